The molecule has 1 aliphatic rings. The number of likely N-dealkylation sites (N-methyl/N-ethyl adjacent to an activating group) is 1. The van der Waals surface area contributed by atoms with E-state index in [0.717, 1.165) is 37.4 Å². The Hall–Kier alpha value is -4.02. The molecule has 0 unspecified atom stereocenters. The summed E-state index contributed by atoms with van der Waals surface area (Å²) in [4.78, 5) is 25.8. The minimum atomic E-state index is -3.61. The van der Waals surface area contributed by atoms with Crippen molar-refractivity contribution in [3.05, 3.63) is 95.6 Å². The zero-order valence-corrected chi connectivity index (χ0v) is 22.8. The first kappa shape index (κ1) is 26.6. The summed E-state index contributed by atoms with van der Waals surface area (Å²) >= 11 is 0. The van der Waals surface area contributed by atoms with Gasteiger partial charge in [0.2, 0.25) is 5.89 Å². The number of benzene rings is 2. The molecule has 39 heavy (non-hydrogen) atoms. The number of amides is 1. The van der Waals surface area contributed by atoms with Crippen LogP contribution in [0.4, 0.5) is 5.69 Å². The van der Waals surface area contributed by atoms with Gasteiger partial charge in [-0.25, -0.2) is 13.4 Å². The number of nitrogens with zero attached hydrogens (tertiary/aromatic N) is 4. The van der Waals surface area contributed by atoms with E-state index in [2.05, 4.69) is 32.1 Å². The lowest BCUT2D eigenvalue weighted by Crippen LogP contribution is -2.44. The molecule has 0 saturated carbocycles. The fourth-order valence-electron chi connectivity index (χ4n) is 4.43. The number of aromatic nitrogens is 2. The second-order valence-corrected chi connectivity index (χ2v) is 11.7. The van der Waals surface area contributed by atoms with Crippen molar-refractivity contribution in [3.8, 4) is 11.5 Å². The zero-order chi connectivity index (χ0) is 27.4. The summed E-state index contributed by atoms with van der Waals surface area (Å²) in [7, 11) is -1.51. The fourth-order valence-corrected chi connectivity index (χ4v) is 5.77. The summed E-state index contributed by atoms with van der Waals surface area (Å²) in [6.45, 7) is 5.88. The van der Waals surface area contributed by atoms with Crippen molar-refractivity contribution in [2.45, 2.75) is 24.1 Å². The van der Waals surface area contributed by atoms with Crippen LogP contribution < -0.4 is 10.2 Å². The van der Waals surface area contributed by atoms with E-state index in [9.17, 15) is 13.2 Å². The van der Waals surface area contributed by atoms with Crippen molar-refractivity contribution in [1.29, 1.82) is 0 Å². The number of oxazole rings is 1. The Bertz CT molecular complexity index is 1530. The van der Waals surface area contributed by atoms with Crippen LogP contribution >= 0.6 is 0 Å². The summed E-state index contributed by atoms with van der Waals surface area (Å²) < 4.78 is 32.1. The highest BCUT2D eigenvalue weighted by Gasteiger charge is 2.22. The van der Waals surface area contributed by atoms with Gasteiger partial charge in [0.05, 0.1) is 10.6 Å². The second kappa shape index (κ2) is 11.4. The number of piperazine rings is 1. The van der Waals surface area contributed by atoms with Gasteiger partial charge in [0.1, 0.15) is 11.5 Å². The van der Waals surface area contributed by atoms with Gasteiger partial charge in [0.25, 0.3) is 5.91 Å². The Balaban J connectivity index is 1.24. The van der Waals surface area contributed by atoms with E-state index in [-0.39, 0.29) is 16.6 Å². The van der Waals surface area contributed by atoms with E-state index < -0.39 is 9.84 Å². The molecule has 4 aromatic rings. The summed E-state index contributed by atoms with van der Waals surface area (Å²) in [6, 6.07) is 17.6. The van der Waals surface area contributed by atoms with Gasteiger partial charge >= 0.3 is 0 Å². The number of anilines is 1. The second-order valence-electron chi connectivity index (χ2n) is 9.69. The van der Waals surface area contributed by atoms with E-state index >= 15 is 0 Å². The van der Waals surface area contributed by atoms with Crippen molar-refractivity contribution < 1.29 is 17.6 Å². The van der Waals surface area contributed by atoms with Crippen LogP contribution in [-0.4, -0.2) is 62.4 Å². The van der Waals surface area contributed by atoms with Crippen molar-refractivity contribution in [2.75, 3.05) is 38.1 Å². The molecule has 5 rings (SSSR count). The van der Waals surface area contributed by atoms with Crippen LogP contribution in [-0.2, 0) is 22.1 Å². The lowest BCUT2D eigenvalue weighted by molar-refractivity contribution is 0.0951. The highest BCUT2D eigenvalue weighted by molar-refractivity contribution is 7.90. The number of aryl methyl sites for hydroxylation is 1. The SMILES string of the molecule is Cc1oc(-c2ccc(C(=O)NCc3cccnc3)cc2)nc1CS(=O)(=O)c1ccc(N2CCN(C)CC2)cc1. The van der Waals surface area contributed by atoms with Crippen molar-refractivity contribution >= 4 is 21.4 Å². The minimum Gasteiger partial charge on any atom is -0.441 e. The molecule has 2 aromatic carbocycles. The standard InChI is InChI=1S/C29H31N5O4S/c1-21-27(20-39(36,37)26-11-9-25(10-12-26)34-16-14-33(2)15-17-34)32-29(38-21)24-7-5-23(6-8-24)28(35)31-19-22-4-3-13-30-18-22/h3-13,18H,14-17,19-20H2,1-2H3,(H,31,35). The lowest BCUT2D eigenvalue weighted by Gasteiger charge is -2.34. The summed E-state index contributed by atoms with van der Waals surface area (Å²) in [5, 5.41) is 2.86. The Kier molecular flexibility index (Phi) is 7.76. The molecule has 1 N–H and O–H groups in total. The highest BCUT2D eigenvalue weighted by atomic mass is 32.2. The Labute approximate surface area is 228 Å². The van der Waals surface area contributed by atoms with Crippen LogP contribution in [0.3, 0.4) is 0 Å². The average molecular weight is 546 g/mol. The number of sulfone groups is 1. The molecule has 0 bridgehead atoms. The molecule has 10 heteroatoms. The maximum Gasteiger partial charge on any atom is 0.251 e. The maximum atomic E-state index is 13.2. The predicted molar refractivity (Wildman–Crippen MR) is 149 cm³/mol. The molecule has 1 saturated heterocycles. The molecule has 0 atom stereocenters. The fraction of sp³-hybridized carbons (Fsp3) is 0.276. The van der Waals surface area contributed by atoms with Crippen LogP contribution in [0.25, 0.3) is 11.5 Å². The largest absolute Gasteiger partial charge is 0.441 e. The number of pyridine rings is 1. The van der Waals surface area contributed by atoms with E-state index in [1.807, 2.05) is 24.3 Å². The van der Waals surface area contributed by atoms with E-state index in [1.54, 1.807) is 55.7 Å². The number of rotatable bonds is 8. The molecule has 9 nitrogen and oxygen atoms in total. The summed E-state index contributed by atoms with van der Waals surface area (Å²) in [5.74, 6) is 0.288. The van der Waals surface area contributed by atoms with Crippen molar-refractivity contribution in [2.24, 2.45) is 0 Å². The molecule has 1 fully saturated rings. The Morgan fingerprint density at radius 1 is 1.00 bits per heavy atom. The molecule has 3 heterocycles. The first-order chi connectivity index (χ1) is 18.8. The van der Waals surface area contributed by atoms with Crippen molar-refractivity contribution in [1.82, 2.24) is 20.2 Å². The van der Waals surface area contributed by atoms with Gasteiger partial charge in [0, 0.05) is 61.9 Å². The zero-order valence-electron chi connectivity index (χ0n) is 22.0. The van der Waals surface area contributed by atoms with Gasteiger partial charge < -0.3 is 19.5 Å². The van der Waals surface area contributed by atoms with Gasteiger partial charge in [-0.1, -0.05) is 6.07 Å². The molecule has 0 aliphatic carbocycles. The number of nitrogens with one attached hydrogen (secondary N) is 1. The topological polar surface area (TPSA) is 109 Å². The molecular formula is C29H31N5O4S. The molecule has 0 radical (unpaired) electrons. The monoisotopic (exact) mass is 545 g/mol. The van der Waals surface area contributed by atoms with Gasteiger partial charge in [-0.2, -0.15) is 0 Å². The predicted octanol–water partition coefficient (Wildman–Crippen LogP) is 3.70. The number of hydrogen-bond donors (Lipinski definition) is 1. The number of carbonyl (C=O) groups is 1. The van der Waals surface area contributed by atoms with Gasteiger partial charge in [0.15, 0.2) is 9.84 Å². The third-order valence-corrected chi connectivity index (χ3v) is 8.50. The van der Waals surface area contributed by atoms with Crippen LogP contribution in [0.15, 0.2) is 82.4 Å². The molecule has 202 valence electrons. The molecule has 2 aromatic heterocycles. The third kappa shape index (κ3) is 6.35. The molecular weight excluding hydrogens is 514 g/mol. The first-order valence-electron chi connectivity index (χ1n) is 12.8. The first-order valence-corrected chi connectivity index (χ1v) is 14.4. The third-order valence-electron chi connectivity index (χ3n) is 6.85. The molecule has 1 aliphatic heterocycles. The average Bonchev–Trinajstić information content (AvgIpc) is 3.32. The summed E-state index contributed by atoms with van der Waals surface area (Å²) in [5.41, 5.74) is 3.45. The van der Waals surface area contributed by atoms with Gasteiger partial charge in [-0.3, -0.25) is 9.78 Å². The van der Waals surface area contributed by atoms with Crippen LogP contribution in [0.2, 0.25) is 0 Å². The summed E-state index contributed by atoms with van der Waals surface area (Å²) in [6.07, 6.45) is 3.39. The number of hydrogen-bond acceptors (Lipinski definition) is 8. The highest BCUT2D eigenvalue weighted by Crippen LogP contribution is 2.26. The van der Waals surface area contributed by atoms with Gasteiger partial charge in [-0.15, -0.1) is 0 Å². The number of carbonyl (C=O) groups excluding carboxylic acids is 1. The van der Waals surface area contributed by atoms with Gasteiger partial charge in [-0.05, 0) is 74.1 Å². The van der Waals surface area contributed by atoms with E-state index in [1.165, 1.54) is 0 Å². The Morgan fingerprint density at radius 3 is 2.38 bits per heavy atom. The smallest absolute Gasteiger partial charge is 0.251 e. The maximum absolute atomic E-state index is 13.2. The Morgan fingerprint density at radius 2 is 1.72 bits per heavy atom. The quantitative estimate of drug-likeness (QED) is 0.357. The molecule has 0 spiro atoms. The lowest BCUT2D eigenvalue weighted by atomic mass is 10.1. The normalized spacial score (nSPS) is 14.4. The van der Waals surface area contributed by atoms with Crippen LogP contribution in [0.1, 0.15) is 27.4 Å². The van der Waals surface area contributed by atoms with E-state index in [0.29, 0.717) is 35.0 Å². The van der Waals surface area contributed by atoms with Crippen LogP contribution in [0, 0.1) is 6.92 Å². The minimum absolute atomic E-state index is 0.209. The molecule has 1 amide bonds. The van der Waals surface area contributed by atoms with Crippen molar-refractivity contribution in [3.63, 3.8) is 0 Å². The van der Waals surface area contributed by atoms with E-state index in [4.69, 9.17) is 4.42 Å². The van der Waals surface area contributed by atoms with Crippen LogP contribution in [0.5, 0.6) is 0 Å².